The molecule has 1 aliphatic heterocycles. The van der Waals surface area contributed by atoms with Crippen LogP contribution in [0.1, 0.15) is 49.9 Å². The Balaban J connectivity index is 1.33. The van der Waals surface area contributed by atoms with Crippen LogP contribution in [-0.2, 0) is 12.8 Å². The third-order valence-electron chi connectivity index (χ3n) is 6.93. The molecule has 11 heteroatoms. The molecule has 1 saturated carbocycles. The summed E-state index contributed by atoms with van der Waals surface area (Å²) in [4.78, 5) is 11.2. The maximum absolute atomic E-state index is 13.0. The summed E-state index contributed by atoms with van der Waals surface area (Å²) in [7, 11) is 0. The predicted octanol–water partition coefficient (Wildman–Crippen LogP) is 5.15. The lowest BCUT2D eigenvalue weighted by Gasteiger charge is -2.36. The highest BCUT2D eigenvalue weighted by atomic mass is 19.4. The first-order valence-corrected chi connectivity index (χ1v) is 12.0. The lowest BCUT2D eigenvalue weighted by Crippen LogP contribution is -2.43. The summed E-state index contributed by atoms with van der Waals surface area (Å²) in [5, 5.41) is 8.60. The van der Waals surface area contributed by atoms with Crippen molar-refractivity contribution in [2.45, 2.75) is 58.7 Å². The number of hydrogen-bond acceptors (Lipinski definition) is 7. The molecule has 2 aromatic heterocycles. The van der Waals surface area contributed by atoms with Gasteiger partial charge in [-0.2, -0.15) is 28.2 Å². The van der Waals surface area contributed by atoms with Crippen LogP contribution in [0.25, 0.3) is 0 Å². The monoisotopic (exact) mass is 490 g/mol. The SMILES string of the molecule is Cc1noc(N2C[C@H]3CC[C@@H](C2)C3Cc2nc(Oc3ccccc3CC(F)(F)F)n(C(C)C)n2)n1. The van der Waals surface area contributed by atoms with Gasteiger partial charge >= 0.3 is 18.2 Å². The van der Waals surface area contributed by atoms with E-state index in [9.17, 15) is 13.2 Å². The van der Waals surface area contributed by atoms with E-state index in [0.29, 0.717) is 41.8 Å². The van der Waals surface area contributed by atoms with E-state index in [-0.39, 0.29) is 23.4 Å². The molecule has 8 nitrogen and oxygen atoms in total. The Bertz CT molecular complexity index is 1160. The van der Waals surface area contributed by atoms with Gasteiger partial charge in [-0.15, -0.1) is 0 Å². The van der Waals surface area contributed by atoms with Gasteiger partial charge in [0.05, 0.1) is 12.5 Å². The van der Waals surface area contributed by atoms with Crippen molar-refractivity contribution in [2.24, 2.45) is 17.8 Å². The molecule has 1 unspecified atom stereocenters. The summed E-state index contributed by atoms with van der Waals surface area (Å²) >= 11 is 0. The van der Waals surface area contributed by atoms with E-state index in [1.54, 1.807) is 16.8 Å². The van der Waals surface area contributed by atoms with Crippen molar-refractivity contribution in [1.29, 1.82) is 0 Å². The molecule has 3 heterocycles. The van der Waals surface area contributed by atoms with Crippen LogP contribution in [0.3, 0.4) is 0 Å². The highest BCUT2D eigenvalue weighted by Crippen LogP contribution is 2.44. The highest BCUT2D eigenvalue weighted by molar-refractivity contribution is 5.36. The van der Waals surface area contributed by atoms with Gasteiger partial charge in [0, 0.05) is 25.1 Å². The standard InChI is InChI=1S/C24H29F3N6O2/c1-14(2)33-23(34-20-7-5-4-6-16(20)11-24(25,26)27)29-21(30-33)10-19-17-8-9-18(19)13-32(12-17)22-28-15(3)31-35-22/h4-7,14,17-19H,8-13H2,1-3H3/t17-,18+,19?. The molecule has 188 valence electrons. The molecule has 2 fully saturated rings. The fourth-order valence-corrected chi connectivity index (χ4v) is 5.36. The van der Waals surface area contributed by atoms with E-state index in [0.717, 1.165) is 25.9 Å². The topological polar surface area (TPSA) is 82.1 Å². The summed E-state index contributed by atoms with van der Waals surface area (Å²) in [6.45, 7) is 7.40. The molecule has 0 spiro atoms. The predicted molar refractivity (Wildman–Crippen MR) is 121 cm³/mol. The van der Waals surface area contributed by atoms with E-state index in [2.05, 4.69) is 25.1 Å². The van der Waals surface area contributed by atoms with Gasteiger partial charge in [-0.3, -0.25) is 0 Å². The lowest BCUT2D eigenvalue weighted by atomic mass is 9.82. The van der Waals surface area contributed by atoms with Crippen LogP contribution in [0.4, 0.5) is 19.2 Å². The third kappa shape index (κ3) is 5.13. The number of para-hydroxylation sites is 1. The average Bonchev–Trinajstić information content (AvgIpc) is 3.45. The van der Waals surface area contributed by atoms with Gasteiger partial charge in [-0.25, -0.2) is 4.68 Å². The van der Waals surface area contributed by atoms with E-state index >= 15 is 0 Å². The Labute approximate surface area is 201 Å². The molecule has 3 aromatic rings. The summed E-state index contributed by atoms with van der Waals surface area (Å²) in [6, 6.07) is 6.93. The molecule has 3 atom stereocenters. The van der Waals surface area contributed by atoms with Crippen LogP contribution in [-0.4, -0.2) is 44.2 Å². The highest BCUT2D eigenvalue weighted by Gasteiger charge is 2.43. The zero-order valence-electron chi connectivity index (χ0n) is 20.0. The van der Waals surface area contributed by atoms with Gasteiger partial charge in [0.2, 0.25) is 0 Å². The number of halogens is 3. The average molecular weight is 491 g/mol. The van der Waals surface area contributed by atoms with Gasteiger partial charge in [0.15, 0.2) is 11.6 Å². The number of aryl methyl sites for hydroxylation is 1. The number of alkyl halides is 3. The second kappa shape index (κ2) is 9.16. The molecular formula is C24H29F3N6O2. The van der Waals surface area contributed by atoms with Gasteiger partial charge < -0.3 is 14.2 Å². The van der Waals surface area contributed by atoms with Gasteiger partial charge in [-0.05, 0) is 57.4 Å². The number of benzene rings is 1. The van der Waals surface area contributed by atoms with Crippen LogP contribution in [0.15, 0.2) is 28.8 Å². The third-order valence-corrected chi connectivity index (χ3v) is 6.93. The van der Waals surface area contributed by atoms with E-state index < -0.39 is 12.6 Å². The second-order valence-electron chi connectivity index (χ2n) is 9.85. The Morgan fingerprint density at radius 1 is 1.11 bits per heavy atom. The number of hydrogen-bond donors (Lipinski definition) is 0. The van der Waals surface area contributed by atoms with Crippen molar-refractivity contribution in [2.75, 3.05) is 18.0 Å². The van der Waals surface area contributed by atoms with Crippen molar-refractivity contribution in [3.63, 3.8) is 0 Å². The van der Waals surface area contributed by atoms with Crippen molar-refractivity contribution in [1.82, 2.24) is 24.9 Å². The molecule has 2 bridgehead atoms. The number of piperidine rings is 1. The van der Waals surface area contributed by atoms with Crippen LogP contribution < -0.4 is 9.64 Å². The van der Waals surface area contributed by atoms with Crippen molar-refractivity contribution < 1.29 is 22.4 Å². The molecule has 1 saturated heterocycles. The molecule has 35 heavy (non-hydrogen) atoms. The van der Waals surface area contributed by atoms with Crippen molar-refractivity contribution in [3.05, 3.63) is 41.5 Å². The van der Waals surface area contributed by atoms with Gasteiger partial charge in [0.1, 0.15) is 5.75 Å². The zero-order valence-corrected chi connectivity index (χ0v) is 20.0. The molecule has 5 rings (SSSR count). The van der Waals surface area contributed by atoms with Crippen LogP contribution in [0.5, 0.6) is 11.8 Å². The molecule has 1 aliphatic carbocycles. The Morgan fingerprint density at radius 2 is 1.83 bits per heavy atom. The fourth-order valence-electron chi connectivity index (χ4n) is 5.36. The number of fused-ring (bicyclic) bond motifs is 2. The fraction of sp³-hybridized carbons (Fsp3) is 0.583. The molecule has 2 aliphatic rings. The first-order chi connectivity index (χ1) is 16.7. The molecule has 1 aromatic carbocycles. The minimum Gasteiger partial charge on any atom is -0.424 e. The van der Waals surface area contributed by atoms with Crippen molar-refractivity contribution >= 4 is 6.01 Å². The largest absolute Gasteiger partial charge is 0.424 e. The van der Waals surface area contributed by atoms with Crippen LogP contribution >= 0.6 is 0 Å². The number of nitrogens with zero attached hydrogens (tertiary/aromatic N) is 6. The summed E-state index contributed by atoms with van der Waals surface area (Å²) in [5.74, 6) is 2.78. The van der Waals surface area contributed by atoms with E-state index in [4.69, 9.17) is 9.26 Å². The normalized spacial score (nSPS) is 22.3. The summed E-state index contributed by atoms with van der Waals surface area (Å²) < 4.78 is 52.1. The molecule has 0 radical (unpaired) electrons. The maximum Gasteiger partial charge on any atom is 0.393 e. The van der Waals surface area contributed by atoms with Crippen LogP contribution in [0.2, 0.25) is 0 Å². The maximum atomic E-state index is 13.0. The molecule has 0 N–H and O–H groups in total. The Hall–Kier alpha value is -3.11. The zero-order chi connectivity index (χ0) is 24.7. The Kier molecular flexibility index (Phi) is 6.18. The second-order valence-corrected chi connectivity index (χ2v) is 9.85. The van der Waals surface area contributed by atoms with Gasteiger partial charge in [-0.1, -0.05) is 23.4 Å². The van der Waals surface area contributed by atoms with E-state index in [1.807, 2.05) is 20.8 Å². The van der Waals surface area contributed by atoms with E-state index in [1.165, 1.54) is 12.1 Å². The van der Waals surface area contributed by atoms with Gasteiger partial charge in [0.25, 0.3) is 0 Å². The molecular weight excluding hydrogens is 461 g/mol. The number of ether oxygens (including phenoxy) is 1. The number of anilines is 1. The molecule has 0 amide bonds. The number of rotatable bonds is 7. The first-order valence-electron chi connectivity index (χ1n) is 12.0. The minimum absolute atomic E-state index is 0.0552. The van der Waals surface area contributed by atoms with Crippen LogP contribution in [0, 0.1) is 24.7 Å². The minimum atomic E-state index is -4.33. The summed E-state index contributed by atoms with van der Waals surface area (Å²) in [5.41, 5.74) is 0.0709. The smallest absolute Gasteiger partial charge is 0.393 e. The quantitative estimate of drug-likeness (QED) is 0.453. The number of aromatic nitrogens is 5. The summed E-state index contributed by atoms with van der Waals surface area (Å²) in [6.07, 6.45) is -2.44. The first kappa shape index (κ1) is 23.6. The van der Waals surface area contributed by atoms with Crippen molar-refractivity contribution in [3.8, 4) is 11.8 Å². The lowest BCUT2D eigenvalue weighted by molar-refractivity contribution is -0.127. The Morgan fingerprint density at radius 3 is 2.46 bits per heavy atom.